The first-order valence-electron chi connectivity index (χ1n) is 9.23. The lowest BCUT2D eigenvalue weighted by atomic mass is 10.1. The average molecular weight is 393 g/mol. The molecule has 0 amide bonds. The number of benzene rings is 2. The van der Waals surface area contributed by atoms with Crippen LogP contribution in [0.4, 0.5) is 4.39 Å². The summed E-state index contributed by atoms with van der Waals surface area (Å²) in [5, 5.41) is 9.97. The van der Waals surface area contributed by atoms with Crippen molar-refractivity contribution in [3.05, 3.63) is 64.4 Å². The van der Waals surface area contributed by atoms with E-state index in [1.165, 1.54) is 17.7 Å². The van der Waals surface area contributed by atoms with Gasteiger partial charge in [-0.15, -0.1) is 0 Å². The fourth-order valence-electron chi connectivity index (χ4n) is 3.63. The van der Waals surface area contributed by atoms with E-state index in [9.17, 15) is 9.50 Å². The summed E-state index contributed by atoms with van der Waals surface area (Å²) in [6.07, 6.45) is 0.720. The summed E-state index contributed by atoms with van der Waals surface area (Å²) < 4.78 is 18.6. The van der Waals surface area contributed by atoms with Gasteiger partial charge in [0.25, 0.3) is 0 Å². The van der Waals surface area contributed by atoms with Crippen molar-refractivity contribution in [2.45, 2.75) is 25.6 Å². The predicted octanol–water partition coefficient (Wildman–Crippen LogP) is 3.56. The quantitative estimate of drug-likeness (QED) is 0.781. The first kappa shape index (κ1) is 20.1. The molecule has 0 aliphatic carbocycles. The van der Waals surface area contributed by atoms with Crippen molar-refractivity contribution < 1.29 is 14.2 Å². The number of aliphatic hydroxyl groups excluding tert-OH is 1. The van der Waals surface area contributed by atoms with Crippen molar-refractivity contribution in [2.24, 2.45) is 0 Å². The first-order valence-corrected chi connectivity index (χ1v) is 9.61. The summed E-state index contributed by atoms with van der Waals surface area (Å²) in [6.45, 7) is 4.32. The largest absolute Gasteiger partial charge is 0.497 e. The molecule has 1 saturated heterocycles. The average Bonchev–Trinajstić information content (AvgIpc) is 2.66. The molecule has 6 heteroatoms. The second-order valence-corrected chi connectivity index (χ2v) is 7.37. The molecule has 1 atom stereocenters. The van der Waals surface area contributed by atoms with Crippen molar-refractivity contribution in [1.82, 2.24) is 9.80 Å². The van der Waals surface area contributed by atoms with Crippen LogP contribution in [0.1, 0.15) is 17.5 Å². The second-order valence-electron chi connectivity index (χ2n) is 6.96. The molecule has 1 aliphatic heterocycles. The van der Waals surface area contributed by atoms with Crippen LogP contribution in [0.25, 0.3) is 0 Å². The highest BCUT2D eigenvalue weighted by Crippen LogP contribution is 2.23. The Morgan fingerprint density at radius 3 is 2.78 bits per heavy atom. The highest BCUT2D eigenvalue weighted by Gasteiger charge is 2.27. The Hall–Kier alpha value is -1.66. The van der Waals surface area contributed by atoms with E-state index in [-0.39, 0.29) is 18.5 Å². The van der Waals surface area contributed by atoms with Crippen LogP contribution in [0.5, 0.6) is 5.75 Å². The molecule has 0 radical (unpaired) electrons. The molecule has 0 saturated carbocycles. The summed E-state index contributed by atoms with van der Waals surface area (Å²) in [6, 6.07) is 12.9. The van der Waals surface area contributed by atoms with Crippen molar-refractivity contribution in [1.29, 1.82) is 0 Å². The predicted molar refractivity (Wildman–Crippen MR) is 106 cm³/mol. The van der Waals surface area contributed by atoms with Crippen LogP contribution in [-0.2, 0) is 13.1 Å². The molecule has 1 N–H and O–H groups in total. The first-order chi connectivity index (χ1) is 13.1. The summed E-state index contributed by atoms with van der Waals surface area (Å²) in [7, 11) is 1.67. The molecular weight excluding hydrogens is 367 g/mol. The lowest BCUT2D eigenvalue weighted by Crippen LogP contribution is -2.52. The lowest BCUT2D eigenvalue weighted by molar-refractivity contribution is 0.0499. The molecule has 2 aromatic carbocycles. The van der Waals surface area contributed by atoms with Crippen molar-refractivity contribution >= 4 is 11.6 Å². The molecule has 1 aliphatic rings. The fraction of sp³-hybridized carbons (Fsp3) is 0.429. The minimum atomic E-state index is -0.315. The van der Waals surface area contributed by atoms with Gasteiger partial charge in [0.05, 0.1) is 7.11 Å². The number of methoxy groups -OCH3 is 1. The SMILES string of the molecule is COc1cccc(CN2CCN(Cc3ccc(F)cc3Cl)C[C@H]2CCO)c1. The lowest BCUT2D eigenvalue weighted by Gasteiger charge is -2.41. The minimum absolute atomic E-state index is 0.157. The molecule has 0 bridgehead atoms. The molecule has 146 valence electrons. The van der Waals surface area contributed by atoms with E-state index in [1.54, 1.807) is 13.2 Å². The number of rotatable bonds is 7. The highest BCUT2D eigenvalue weighted by molar-refractivity contribution is 6.31. The molecule has 2 aromatic rings. The monoisotopic (exact) mass is 392 g/mol. The van der Waals surface area contributed by atoms with Gasteiger partial charge in [0, 0.05) is 50.4 Å². The van der Waals surface area contributed by atoms with E-state index < -0.39 is 0 Å². The van der Waals surface area contributed by atoms with Crippen molar-refractivity contribution in [3.8, 4) is 5.75 Å². The summed E-state index contributed by atoms with van der Waals surface area (Å²) in [5.74, 6) is 0.542. The molecule has 1 fully saturated rings. The Bertz CT molecular complexity index is 759. The van der Waals surface area contributed by atoms with Gasteiger partial charge in [-0.3, -0.25) is 9.80 Å². The maximum absolute atomic E-state index is 13.3. The number of hydrogen-bond donors (Lipinski definition) is 1. The van der Waals surface area contributed by atoms with E-state index in [2.05, 4.69) is 21.9 Å². The number of nitrogens with zero attached hydrogens (tertiary/aromatic N) is 2. The van der Waals surface area contributed by atoms with E-state index in [4.69, 9.17) is 16.3 Å². The smallest absolute Gasteiger partial charge is 0.124 e. The van der Waals surface area contributed by atoms with E-state index in [1.807, 2.05) is 12.1 Å². The Morgan fingerprint density at radius 1 is 1.19 bits per heavy atom. The summed E-state index contributed by atoms with van der Waals surface area (Å²) >= 11 is 6.18. The number of halogens is 2. The zero-order chi connectivity index (χ0) is 19.2. The summed E-state index contributed by atoms with van der Waals surface area (Å²) in [5.41, 5.74) is 2.13. The van der Waals surface area contributed by atoms with Crippen LogP contribution in [-0.4, -0.2) is 54.3 Å². The van der Waals surface area contributed by atoms with Gasteiger partial charge >= 0.3 is 0 Å². The van der Waals surface area contributed by atoms with Crippen molar-refractivity contribution in [3.63, 3.8) is 0 Å². The third kappa shape index (κ3) is 5.42. The van der Waals surface area contributed by atoms with Gasteiger partial charge < -0.3 is 9.84 Å². The summed E-state index contributed by atoms with van der Waals surface area (Å²) in [4.78, 5) is 4.73. The number of piperazine rings is 1. The highest BCUT2D eigenvalue weighted by atomic mass is 35.5. The molecular formula is C21H26ClFN2O2. The third-order valence-corrected chi connectivity index (χ3v) is 5.43. The van der Waals surface area contributed by atoms with Crippen LogP contribution < -0.4 is 4.74 Å². The zero-order valence-corrected chi connectivity index (χ0v) is 16.3. The zero-order valence-electron chi connectivity index (χ0n) is 15.6. The van der Waals surface area contributed by atoms with Gasteiger partial charge in [-0.05, 0) is 41.8 Å². The van der Waals surface area contributed by atoms with E-state index >= 15 is 0 Å². The second kappa shape index (κ2) is 9.51. The molecule has 0 spiro atoms. The van der Waals surface area contributed by atoms with Gasteiger partial charge in [-0.25, -0.2) is 4.39 Å². The molecule has 0 unspecified atom stereocenters. The number of aliphatic hydroxyl groups is 1. The van der Waals surface area contributed by atoms with Crippen molar-refractivity contribution in [2.75, 3.05) is 33.4 Å². The van der Waals surface area contributed by atoms with Gasteiger partial charge in [-0.2, -0.15) is 0 Å². The number of ether oxygens (including phenoxy) is 1. The number of hydrogen-bond acceptors (Lipinski definition) is 4. The maximum Gasteiger partial charge on any atom is 0.124 e. The topological polar surface area (TPSA) is 35.9 Å². The van der Waals surface area contributed by atoms with E-state index in [0.29, 0.717) is 11.6 Å². The van der Waals surface area contributed by atoms with Gasteiger partial charge in [0.2, 0.25) is 0 Å². The fourth-order valence-corrected chi connectivity index (χ4v) is 3.86. The van der Waals surface area contributed by atoms with Gasteiger partial charge in [0.1, 0.15) is 11.6 Å². The Balaban J connectivity index is 1.65. The molecule has 0 aromatic heterocycles. The van der Waals surface area contributed by atoms with Crippen LogP contribution in [0.3, 0.4) is 0 Å². The third-order valence-electron chi connectivity index (χ3n) is 5.08. The molecule has 4 nitrogen and oxygen atoms in total. The van der Waals surface area contributed by atoms with Crippen LogP contribution in [0.15, 0.2) is 42.5 Å². The maximum atomic E-state index is 13.3. The Morgan fingerprint density at radius 2 is 2.04 bits per heavy atom. The van der Waals surface area contributed by atoms with E-state index in [0.717, 1.165) is 43.9 Å². The standard InChI is InChI=1S/C21H26ClFN2O2/c1-27-20-4-2-3-16(11-20)13-25-9-8-24(15-19(25)7-10-26)14-17-5-6-18(23)12-21(17)22/h2-6,11-12,19,26H,7-10,13-15H2,1H3/t19-/m1/s1. The van der Waals surface area contributed by atoms with Crippen LogP contribution >= 0.6 is 11.6 Å². The minimum Gasteiger partial charge on any atom is -0.497 e. The van der Waals surface area contributed by atoms with Crippen LogP contribution in [0.2, 0.25) is 5.02 Å². The van der Waals surface area contributed by atoms with Gasteiger partial charge in [-0.1, -0.05) is 29.8 Å². The molecule has 3 rings (SSSR count). The molecule has 1 heterocycles. The molecule has 27 heavy (non-hydrogen) atoms. The Labute approximate surface area is 165 Å². The van der Waals surface area contributed by atoms with Crippen LogP contribution in [0, 0.1) is 5.82 Å². The normalized spacial score (nSPS) is 18.6. The Kier molecular flexibility index (Phi) is 7.07. The van der Waals surface area contributed by atoms with Gasteiger partial charge in [0.15, 0.2) is 0 Å².